The van der Waals surface area contributed by atoms with Crippen molar-refractivity contribution in [3.63, 3.8) is 0 Å². The molecule has 8 heteroatoms. The molecule has 0 fully saturated rings. The fourth-order valence-corrected chi connectivity index (χ4v) is 2.33. The highest BCUT2D eigenvalue weighted by molar-refractivity contribution is 5.92. The predicted octanol–water partition coefficient (Wildman–Crippen LogP) is 2.68. The molecule has 0 spiro atoms. The van der Waals surface area contributed by atoms with Crippen LogP contribution in [0.3, 0.4) is 0 Å². The lowest BCUT2D eigenvalue weighted by molar-refractivity contribution is -0.123. The van der Waals surface area contributed by atoms with Crippen LogP contribution in [0.25, 0.3) is 0 Å². The molecule has 2 aromatic rings. The second-order valence-electron chi connectivity index (χ2n) is 5.88. The molecule has 0 saturated heterocycles. The molecular weight excluding hydrogens is 359 g/mol. The summed E-state index contributed by atoms with van der Waals surface area (Å²) in [7, 11) is 0. The van der Waals surface area contributed by atoms with E-state index in [0.29, 0.717) is 6.54 Å². The third-order valence-electron chi connectivity index (χ3n) is 3.79. The molecule has 0 radical (unpaired) electrons. The summed E-state index contributed by atoms with van der Waals surface area (Å²) in [5.74, 6) is -2.65. The van der Waals surface area contributed by atoms with Crippen LogP contribution in [0.4, 0.5) is 18.9 Å². The van der Waals surface area contributed by atoms with Gasteiger partial charge in [-0.2, -0.15) is 0 Å². The van der Waals surface area contributed by atoms with Gasteiger partial charge in [-0.1, -0.05) is 19.1 Å². The number of anilines is 1. The van der Waals surface area contributed by atoms with E-state index in [4.69, 9.17) is 0 Å². The normalized spacial score (nSPS) is 10.7. The number of carbonyl (C=O) groups is 2. The lowest BCUT2D eigenvalue weighted by Crippen LogP contribution is -2.40. The molecule has 2 aromatic carbocycles. The number of rotatable bonds is 8. The fourth-order valence-electron chi connectivity index (χ4n) is 2.33. The average Bonchev–Trinajstić information content (AvgIpc) is 2.63. The van der Waals surface area contributed by atoms with Gasteiger partial charge in [-0.3, -0.25) is 14.5 Å². The number of hydrogen-bond acceptors (Lipinski definition) is 3. The van der Waals surface area contributed by atoms with E-state index in [9.17, 15) is 22.8 Å². The van der Waals surface area contributed by atoms with Crippen molar-refractivity contribution in [2.75, 3.05) is 25.0 Å². The molecule has 0 aromatic heterocycles. The Hall–Kier alpha value is -2.87. The molecule has 0 aliphatic heterocycles. The van der Waals surface area contributed by atoms with Crippen molar-refractivity contribution in [2.24, 2.45) is 0 Å². The summed E-state index contributed by atoms with van der Waals surface area (Å²) in [6, 6.07) is 8.49. The zero-order chi connectivity index (χ0) is 19.8. The molecule has 0 atom stereocenters. The van der Waals surface area contributed by atoms with Crippen molar-refractivity contribution < 1.29 is 22.8 Å². The van der Waals surface area contributed by atoms with Crippen LogP contribution in [0.5, 0.6) is 0 Å². The standard InChI is InChI=1S/C19H20F3N3O2/c1-2-25(11-18(26)23-10-13-3-5-14(20)6-4-13)12-19(27)24-17-9-15(21)7-8-16(17)22/h3-9H,2,10-12H2,1H3,(H,23,26)(H,24,27). The Bertz CT molecular complexity index is 797. The van der Waals surface area contributed by atoms with Crippen LogP contribution in [0, 0.1) is 17.5 Å². The van der Waals surface area contributed by atoms with Crippen LogP contribution < -0.4 is 10.6 Å². The average molecular weight is 379 g/mol. The van der Waals surface area contributed by atoms with E-state index in [1.807, 2.05) is 0 Å². The smallest absolute Gasteiger partial charge is 0.238 e. The molecule has 27 heavy (non-hydrogen) atoms. The van der Waals surface area contributed by atoms with Crippen LogP contribution in [0.1, 0.15) is 12.5 Å². The first kappa shape index (κ1) is 20.4. The van der Waals surface area contributed by atoms with Gasteiger partial charge >= 0.3 is 0 Å². The maximum absolute atomic E-state index is 13.6. The van der Waals surface area contributed by atoms with Crippen LogP contribution >= 0.6 is 0 Å². The van der Waals surface area contributed by atoms with Crippen LogP contribution in [0.15, 0.2) is 42.5 Å². The molecule has 0 bridgehead atoms. The first-order valence-corrected chi connectivity index (χ1v) is 8.35. The fraction of sp³-hybridized carbons (Fsp3) is 0.263. The summed E-state index contributed by atoms with van der Waals surface area (Å²) in [5, 5.41) is 4.97. The highest BCUT2D eigenvalue weighted by atomic mass is 19.1. The number of nitrogens with one attached hydrogen (secondary N) is 2. The Kier molecular flexibility index (Phi) is 7.36. The zero-order valence-corrected chi connectivity index (χ0v) is 14.8. The third kappa shape index (κ3) is 6.74. The predicted molar refractivity (Wildman–Crippen MR) is 95.3 cm³/mol. The van der Waals surface area contributed by atoms with E-state index in [1.54, 1.807) is 24.0 Å². The summed E-state index contributed by atoms with van der Waals surface area (Å²) in [6.45, 7) is 2.21. The van der Waals surface area contributed by atoms with Crippen molar-refractivity contribution in [3.8, 4) is 0 Å². The van der Waals surface area contributed by atoms with Gasteiger partial charge in [0.25, 0.3) is 0 Å². The number of nitrogens with zero attached hydrogens (tertiary/aromatic N) is 1. The summed E-state index contributed by atoms with van der Waals surface area (Å²) in [5.41, 5.74) is 0.490. The molecule has 0 aliphatic carbocycles. The van der Waals surface area contributed by atoms with E-state index in [-0.39, 0.29) is 37.0 Å². The number of hydrogen-bond donors (Lipinski definition) is 2. The molecule has 0 saturated carbocycles. The van der Waals surface area contributed by atoms with E-state index in [2.05, 4.69) is 10.6 Å². The number of carbonyl (C=O) groups excluding carboxylic acids is 2. The second-order valence-corrected chi connectivity index (χ2v) is 5.88. The summed E-state index contributed by atoms with van der Waals surface area (Å²) >= 11 is 0. The van der Waals surface area contributed by atoms with Crippen molar-refractivity contribution in [3.05, 3.63) is 65.5 Å². The van der Waals surface area contributed by atoms with E-state index < -0.39 is 17.5 Å². The molecule has 2 rings (SSSR count). The van der Waals surface area contributed by atoms with Gasteiger partial charge < -0.3 is 10.6 Å². The minimum absolute atomic E-state index is 0.0449. The molecular formula is C19H20F3N3O2. The molecule has 144 valence electrons. The Morgan fingerprint density at radius 2 is 1.56 bits per heavy atom. The monoisotopic (exact) mass is 379 g/mol. The number of halogens is 3. The van der Waals surface area contributed by atoms with Crippen molar-refractivity contribution in [2.45, 2.75) is 13.5 Å². The Labute approximate surface area is 155 Å². The molecule has 2 amide bonds. The van der Waals surface area contributed by atoms with Gasteiger partial charge in [-0.25, -0.2) is 13.2 Å². The lowest BCUT2D eigenvalue weighted by atomic mass is 10.2. The second kappa shape index (κ2) is 9.72. The Morgan fingerprint density at radius 3 is 2.22 bits per heavy atom. The largest absolute Gasteiger partial charge is 0.351 e. The molecule has 0 aliphatic rings. The van der Waals surface area contributed by atoms with Gasteiger partial charge in [0, 0.05) is 12.6 Å². The Morgan fingerprint density at radius 1 is 0.926 bits per heavy atom. The molecule has 0 heterocycles. The highest BCUT2D eigenvalue weighted by Gasteiger charge is 2.15. The third-order valence-corrected chi connectivity index (χ3v) is 3.79. The lowest BCUT2D eigenvalue weighted by Gasteiger charge is -2.19. The topological polar surface area (TPSA) is 61.4 Å². The van der Waals surface area contributed by atoms with Gasteiger partial charge in [0.15, 0.2) is 0 Å². The number of amides is 2. The van der Waals surface area contributed by atoms with Crippen LogP contribution in [-0.2, 0) is 16.1 Å². The summed E-state index contributed by atoms with van der Waals surface area (Å²) in [6.07, 6.45) is 0. The Balaban J connectivity index is 1.83. The minimum Gasteiger partial charge on any atom is -0.351 e. The number of likely N-dealkylation sites (N-methyl/N-ethyl adjacent to an activating group) is 1. The van der Waals surface area contributed by atoms with Gasteiger partial charge in [0.1, 0.15) is 17.5 Å². The van der Waals surface area contributed by atoms with E-state index in [0.717, 1.165) is 23.8 Å². The van der Waals surface area contributed by atoms with Gasteiger partial charge in [0.2, 0.25) is 11.8 Å². The van der Waals surface area contributed by atoms with E-state index in [1.165, 1.54) is 12.1 Å². The molecule has 2 N–H and O–H groups in total. The van der Waals surface area contributed by atoms with Gasteiger partial charge in [-0.05, 0) is 36.4 Å². The first-order valence-electron chi connectivity index (χ1n) is 8.35. The highest BCUT2D eigenvalue weighted by Crippen LogP contribution is 2.15. The zero-order valence-electron chi connectivity index (χ0n) is 14.8. The van der Waals surface area contributed by atoms with E-state index >= 15 is 0 Å². The minimum atomic E-state index is -0.746. The quantitative estimate of drug-likeness (QED) is 0.741. The summed E-state index contributed by atoms with van der Waals surface area (Å²) < 4.78 is 39.6. The van der Waals surface area contributed by atoms with Crippen molar-refractivity contribution in [1.29, 1.82) is 0 Å². The molecule has 5 nitrogen and oxygen atoms in total. The van der Waals surface area contributed by atoms with Crippen LogP contribution in [0.2, 0.25) is 0 Å². The first-order chi connectivity index (χ1) is 12.9. The van der Waals surface area contributed by atoms with Crippen LogP contribution in [-0.4, -0.2) is 36.3 Å². The van der Waals surface area contributed by atoms with Crippen molar-refractivity contribution >= 4 is 17.5 Å². The summed E-state index contributed by atoms with van der Waals surface area (Å²) in [4.78, 5) is 25.6. The van der Waals surface area contributed by atoms with Gasteiger partial charge in [0.05, 0.1) is 18.8 Å². The maximum atomic E-state index is 13.6. The van der Waals surface area contributed by atoms with Gasteiger partial charge in [-0.15, -0.1) is 0 Å². The SMILES string of the molecule is CCN(CC(=O)NCc1ccc(F)cc1)CC(=O)Nc1cc(F)ccc1F. The molecule has 0 unspecified atom stereocenters. The number of benzene rings is 2. The maximum Gasteiger partial charge on any atom is 0.238 e. The van der Waals surface area contributed by atoms with Crippen molar-refractivity contribution in [1.82, 2.24) is 10.2 Å².